The van der Waals surface area contributed by atoms with Crippen LogP contribution >= 0.6 is 11.6 Å². The minimum atomic E-state index is -4.80. The summed E-state index contributed by atoms with van der Waals surface area (Å²) in [5.41, 5.74) is -0.978. The van der Waals surface area contributed by atoms with Gasteiger partial charge in [0.1, 0.15) is 13.5 Å². The van der Waals surface area contributed by atoms with Gasteiger partial charge in [-0.2, -0.15) is 13.2 Å². The van der Waals surface area contributed by atoms with E-state index in [0.29, 0.717) is 6.07 Å². The van der Waals surface area contributed by atoms with Crippen molar-refractivity contribution in [3.05, 3.63) is 52.8 Å². The fourth-order valence-corrected chi connectivity index (χ4v) is 3.45. The summed E-state index contributed by atoms with van der Waals surface area (Å²) in [7, 11) is -2.79. The molecule has 0 aliphatic heterocycles. The molecule has 0 aliphatic carbocycles. The van der Waals surface area contributed by atoms with E-state index in [1.807, 2.05) is 0 Å². The Morgan fingerprint density at radius 1 is 1.23 bits per heavy atom. The monoisotopic (exact) mass is 467 g/mol. The van der Waals surface area contributed by atoms with E-state index < -0.39 is 43.3 Å². The van der Waals surface area contributed by atoms with Crippen molar-refractivity contribution in [2.45, 2.75) is 11.1 Å². The molecule has 2 aromatic rings. The number of pyridine rings is 1. The number of hydrogen-bond acceptors (Lipinski definition) is 7. The summed E-state index contributed by atoms with van der Waals surface area (Å²) in [5, 5.41) is 4.52. The number of methoxy groups -OCH3 is 1. The lowest BCUT2D eigenvalue weighted by molar-refractivity contribution is -0.137. The van der Waals surface area contributed by atoms with Gasteiger partial charge < -0.3 is 20.1 Å². The summed E-state index contributed by atoms with van der Waals surface area (Å²) in [4.78, 5) is 15.4. The Labute approximate surface area is 175 Å². The molecule has 0 radical (unpaired) electrons. The van der Waals surface area contributed by atoms with E-state index in [4.69, 9.17) is 21.1 Å². The molecule has 30 heavy (non-hydrogen) atoms. The average Bonchev–Trinajstić information content (AvgIpc) is 2.69. The predicted molar refractivity (Wildman–Crippen MR) is 102 cm³/mol. The largest absolute Gasteiger partial charge is 0.417 e. The van der Waals surface area contributed by atoms with Crippen LogP contribution in [-0.2, 0) is 25.5 Å². The van der Waals surface area contributed by atoms with Crippen LogP contribution in [0.1, 0.15) is 16.1 Å². The number of aromatic nitrogens is 1. The zero-order valence-corrected chi connectivity index (χ0v) is 17.1. The number of nitrogens with zero attached hydrogens (tertiary/aromatic N) is 1. The van der Waals surface area contributed by atoms with Crippen LogP contribution in [-0.4, -0.2) is 45.8 Å². The number of benzene rings is 1. The van der Waals surface area contributed by atoms with E-state index >= 15 is 0 Å². The SMILES string of the molecule is COCNC(=O)c1ncccc1NCOCS(=O)(=O)c1ccc(Cl)c(C(F)(F)F)c1. The minimum absolute atomic E-state index is 0.0218. The lowest BCUT2D eigenvalue weighted by atomic mass is 10.2. The molecule has 13 heteroatoms. The van der Waals surface area contributed by atoms with Crippen LogP contribution in [0, 0.1) is 0 Å². The number of carbonyl (C=O) groups excluding carboxylic acids is 1. The lowest BCUT2D eigenvalue weighted by Gasteiger charge is -2.13. The van der Waals surface area contributed by atoms with Gasteiger partial charge in [-0.05, 0) is 30.3 Å². The van der Waals surface area contributed by atoms with Gasteiger partial charge in [0.2, 0.25) is 9.84 Å². The average molecular weight is 468 g/mol. The molecule has 0 aliphatic rings. The molecule has 0 bridgehead atoms. The van der Waals surface area contributed by atoms with Crippen molar-refractivity contribution in [1.82, 2.24) is 10.3 Å². The van der Waals surface area contributed by atoms with Crippen molar-refractivity contribution in [3.8, 4) is 0 Å². The van der Waals surface area contributed by atoms with E-state index in [2.05, 4.69) is 15.6 Å². The summed E-state index contributed by atoms with van der Waals surface area (Å²) in [5.74, 6) is -1.43. The van der Waals surface area contributed by atoms with Crippen molar-refractivity contribution in [2.24, 2.45) is 0 Å². The lowest BCUT2D eigenvalue weighted by Crippen LogP contribution is -2.27. The molecule has 1 aromatic heterocycles. The molecule has 2 N–H and O–H groups in total. The third kappa shape index (κ3) is 6.29. The first-order valence-corrected chi connectivity index (χ1v) is 10.2. The van der Waals surface area contributed by atoms with E-state index in [0.717, 1.165) is 12.1 Å². The van der Waals surface area contributed by atoms with Gasteiger partial charge in [0.25, 0.3) is 5.91 Å². The maximum Gasteiger partial charge on any atom is 0.417 e. The van der Waals surface area contributed by atoms with Gasteiger partial charge in [-0.3, -0.25) is 4.79 Å². The zero-order chi connectivity index (χ0) is 22.4. The molecule has 164 valence electrons. The number of anilines is 1. The number of nitrogens with one attached hydrogen (secondary N) is 2. The second kappa shape index (κ2) is 10.1. The molecule has 0 fully saturated rings. The highest BCUT2D eigenvalue weighted by Gasteiger charge is 2.34. The number of alkyl halides is 3. The Morgan fingerprint density at radius 3 is 2.63 bits per heavy atom. The number of rotatable bonds is 9. The highest BCUT2D eigenvalue weighted by atomic mass is 35.5. The smallest absolute Gasteiger partial charge is 0.364 e. The summed E-state index contributed by atoms with van der Waals surface area (Å²) < 4.78 is 73.1. The molecule has 0 atom stereocenters. The first-order chi connectivity index (χ1) is 14.1. The number of amides is 1. The van der Waals surface area contributed by atoms with Gasteiger partial charge in [0, 0.05) is 13.3 Å². The number of halogens is 4. The second-order valence-electron chi connectivity index (χ2n) is 5.74. The van der Waals surface area contributed by atoms with Gasteiger partial charge in [-0.25, -0.2) is 13.4 Å². The highest BCUT2D eigenvalue weighted by molar-refractivity contribution is 7.91. The zero-order valence-electron chi connectivity index (χ0n) is 15.5. The highest BCUT2D eigenvalue weighted by Crippen LogP contribution is 2.36. The third-order valence-corrected chi connectivity index (χ3v) is 5.38. The Hall–Kier alpha value is -2.41. The molecule has 0 unspecified atom stereocenters. The fraction of sp³-hybridized carbons (Fsp3) is 0.294. The minimum Gasteiger partial charge on any atom is -0.364 e. The van der Waals surface area contributed by atoms with Crippen LogP contribution in [0.2, 0.25) is 5.02 Å². The Morgan fingerprint density at radius 2 is 1.97 bits per heavy atom. The summed E-state index contributed by atoms with van der Waals surface area (Å²) in [6, 6.07) is 5.33. The maximum absolute atomic E-state index is 12.9. The Bertz CT molecular complexity index is 1000. The molecule has 1 amide bonds. The van der Waals surface area contributed by atoms with Crippen molar-refractivity contribution in [2.75, 3.05) is 31.8 Å². The molecule has 2 rings (SSSR count). The van der Waals surface area contributed by atoms with Gasteiger partial charge in [-0.1, -0.05) is 11.6 Å². The first kappa shape index (κ1) is 23.9. The van der Waals surface area contributed by atoms with Crippen molar-refractivity contribution in [1.29, 1.82) is 0 Å². The number of ether oxygens (including phenoxy) is 2. The van der Waals surface area contributed by atoms with Crippen LogP contribution in [0.15, 0.2) is 41.4 Å². The molecule has 0 saturated heterocycles. The third-order valence-electron chi connectivity index (χ3n) is 3.61. The van der Waals surface area contributed by atoms with Crippen molar-refractivity contribution >= 4 is 33.0 Å². The van der Waals surface area contributed by atoms with E-state index in [1.54, 1.807) is 6.07 Å². The maximum atomic E-state index is 12.9. The van der Waals surface area contributed by atoms with Crippen LogP contribution in [0.25, 0.3) is 0 Å². The van der Waals surface area contributed by atoms with Gasteiger partial charge in [0.05, 0.1) is 21.2 Å². The van der Waals surface area contributed by atoms with E-state index in [-0.39, 0.29) is 24.8 Å². The van der Waals surface area contributed by atoms with Crippen LogP contribution in [0.5, 0.6) is 0 Å². The predicted octanol–water partition coefficient (Wildman–Crippen LogP) is 2.90. The van der Waals surface area contributed by atoms with Crippen LogP contribution in [0.4, 0.5) is 18.9 Å². The quantitative estimate of drug-likeness (QED) is 0.431. The molecule has 1 heterocycles. The van der Waals surface area contributed by atoms with Gasteiger partial charge in [-0.15, -0.1) is 0 Å². The number of hydrogen-bond donors (Lipinski definition) is 2. The molecule has 0 spiro atoms. The molecular formula is C17H17ClF3N3O5S. The molecule has 8 nitrogen and oxygen atoms in total. The summed E-state index contributed by atoms with van der Waals surface area (Å²) in [6.07, 6.45) is -3.41. The van der Waals surface area contributed by atoms with Crippen molar-refractivity contribution < 1.29 is 35.9 Å². The first-order valence-electron chi connectivity index (χ1n) is 8.19. The van der Waals surface area contributed by atoms with E-state index in [9.17, 15) is 26.4 Å². The van der Waals surface area contributed by atoms with Crippen molar-refractivity contribution in [3.63, 3.8) is 0 Å². The summed E-state index contributed by atoms with van der Waals surface area (Å²) in [6.45, 7) is -0.389. The van der Waals surface area contributed by atoms with Crippen LogP contribution < -0.4 is 10.6 Å². The normalized spacial score (nSPS) is 11.9. The van der Waals surface area contributed by atoms with Gasteiger partial charge in [0.15, 0.2) is 11.6 Å². The van der Waals surface area contributed by atoms with E-state index in [1.165, 1.54) is 19.4 Å². The van der Waals surface area contributed by atoms with Gasteiger partial charge >= 0.3 is 6.18 Å². The Kier molecular flexibility index (Phi) is 8.01. The molecule has 1 aromatic carbocycles. The standard InChI is InChI=1S/C17H17ClF3N3O5S/c1-28-8-24-16(25)15-14(3-2-6-22-15)23-9-29-10-30(26,27)11-4-5-13(18)12(7-11)17(19,20)21/h2-7,23H,8-10H2,1H3,(H,24,25). The Balaban J connectivity index is 2.02. The molecule has 0 saturated carbocycles. The summed E-state index contributed by atoms with van der Waals surface area (Å²) >= 11 is 5.50. The number of sulfone groups is 1. The fourth-order valence-electron chi connectivity index (χ4n) is 2.21. The molecular weight excluding hydrogens is 451 g/mol. The second-order valence-corrected chi connectivity index (χ2v) is 8.08. The number of carbonyl (C=O) groups is 1. The topological polar surface area (TPSA) is 107 Å². The van der Waals surface area contributed by atoms with Crippen LogP contribution in [0.3, 0.4) is 0 Å².